The van der Waals surface area contributed by atoms with E-state index in [9.17, 15) is 14.7 Å². The third kappa shape index (κ3) is 4.24. The number of rotatable bonds is 3. The van der Waals surface area contributed by atoms with Crippen LogP contribution >= 0.6 is 0 Å². The molecule has 0 spiro atoms. The standard InChI is InChI=1S/C12H15NO4/c1-8(2)13-12(16)17-11(15)10(14)9-6-4-3-5-7-9/h3-8,10,14H,1-2H3,(H,13,16)/t10-/m1/s1. The maximum Gasteiger partial charge on any atom is 0.415 e. The molecule has 0 heterocycles. The summed E-state index contributed by atoms with van der Waals surface area (Å²) in [5.41, 5.74) is 0.384. The molecule has 1 aromatic carbocycles. The lowest BCUT2D eigenvalue weighted by Gasteiger charge is -2.11. The van der Waals surface area contributed by atoms with Crippen molar-refractivity contribution in [2.75, 3.05) is 0 Å². The number of aliphatic hydroxyl groups excluding tert-OH is 1. The summed E-state index contributed by atoms with van der Waals surface area (Å²) in [4.78, 5) is 22.5. The molecule has 1 atom stereocenters. The fourth-order valence-electron chi connectivity index (χ4n) is 1.18. The molecular weight excluding hydrogens is 222 g/mol. The molecule has 0 radical (unpaired) electrons. The first-order chi connectivity index (χ1) is 8.00. The highest BCUT2D eigenvalue weighted by molar-refractivity contribution is 5.87. The zero-order valence-corrected chi connectivity index (χ0v) is 9.71. The lowest BCUT2D eigenvalue weighted by Crippen LogP contribution is -2.33. The summed E-state index contributed by atoms with van der Waals surface area (Å²) in [6.45, 7) is 3.47. The van der Waals surface area contributed by atoms with Crippen LogP contribution in [0.5, 0.6) is 0 Å². The quantitative estimate of drug-likeness (QED) is 0.615. The van der Waals surface area contributed by atoms with Crippen LogP contribution in [0.15, 0.2) is 30.3 Å². The van der Waals surface area contributed by atoms with Gasteiger partial charge in [0.1, 0.15) is 0 Å². The van der Waals surface area contributed by atoms with Crippen molar-refractivity contribution in [1.29, 1.82) is 0 Å². The summed E-state index contributed by atoms with van der Waals surface area (Å²) in [5, 5.41) is 12.0. The van der Waals surface area contributed by atoms with Gasteiger partial charge in [0, 0.05) is 6.04 Å². The molecule has 1 rings (SSSR count). The van der Waals surface area contributed by atoms with Crippen LogP contribution in [0.3, 0.4) is 0 Å². The summed E-state index contributed by atoms with van der Waals surface area (Å²) >= 11 is 0. The number of hydrogen-bond acceptors (Lipinski definition) is 4. The summed E-state index contributed by atoms with van der Waals surface area (Å²) in [5.74, 6) is -0.991. The smallest absolute Gasteiger partial charge is 0.377 e. The third-order valence-electron chi connectivity index (χ3n) is 1.94. The van der Waals surface area contributed by atoms with E-state index in [1.54, 1.807) is 44.2 Å². The minimum Gasteiger partial charge on any atom is -0.377 e. The van der Waals surface area contributed by atoms with Crippen molar-refractivity contribution in [3.63, 3.8) is 0 Å². The van der Waals surface area contributed by atoms with Gasteiger partial charge in [-0.15, -0.1) is 0 Å². The van der Waals surface area contributed by atoms with Crippen LogP contribution in [-0.2, 0) is 9.53 Å². The number of hydrogen-bond donors (Lipinski definition) is 2. The maximum atomic E-state index is 11.4. The Morgan fingerprint density at radius 1 is 1.24 bits per heavy atom. The molecule has 0 bridgehead atoms. The van der Waals surface area contributed by atoms with Crippen LogP contribution < -0.4 is 5.32 Å². The number of amides is 1. The van der Waals surface area contributed by atoms with E-state index >= 15 is 0 Å². The minimum absolute atomic E-state index is 0.135. The van der Waals surface area contributed by atoms with Gasteiger partial charge in [-0.25, -0.2) is 9.59 Å². The first-order valence-corrected chi connectivity index (χ1v) is 5.26. The molecule has 0 saturated heterocycles. The van der Waals surface area contributed by atoms with E-state index in [4.69, 9.17) is 0 Å². The molecule has 5 heteroatoms. The fourth-order valence-corrected chi connectivity index (χ4v) is 1.18. The van der Waals surface area contributed by atoms with Gasteiger partial charge in [0.2, 0.25) is 0 Å². The number of nitrogens with one attached hydrogen (secondary N) is 1. The van der Waals surface area contributed by atoms with Crippen LogP contribution in [0.1, 0.15) is 25.5 Å². The highest BCUT2D eigenvalue weighted by atomic mass is 16.6. The predicted octanol–water partition coefficient (Wildman–Crippen LogP) is 1.38. The molecule has 1 aromatic rings. The molecule has 0 aliphatic carbocycles. The second-order valence-electron chi connectivity index (χ2n) is 3.82. The average molecular weight is 237 g/mol. The summed E-state index contributed by atoms with van der Waals surface area (Å²) < 4.78 is 4.44. The fraction of sp³-hybridized carbons (Fsp3) is 0.333. The summed E-state index contributed by atoms with van der Waals surface area (Å²) in [6.07, 6.45) is -2.31. The second-order valence-corrected chi connectivity index (χ2v) is 3.82. The van der Waals surface area contributed by atoms with E-state index in [1.807, 2.05) is 0 Å². The molecular formula is C12H15NO4. The Hall–Kier alpha value is -1.88. The molecule has 1 amide bonds. The third-order valence-corrected chi connectivity index (χ3v) is 1.94. The van der Waals surface area contributed by atoms with Gasteiger partial charge in [-0.3, -0.25) is 0 Å². The lowest BCUT2D eigenvalue weighted by atomic mass is 10.1. The number of carbonyl (C=O) groups excluding carboxylic acids is 2. The van der Waals surface area contributed by atoms with Gasteiger partial charge in [-0.1, -0.05) is 30.3 Å². The summed E-state index contributed by atoms with van der Waals surface area (Å²) in [6, 6.07) is 8.13. The minimum atomic E-state index is -1.45. The zero-order chi connectivity index (χ0) is 12.8. The van der Waals surface area contributed by atoms with Crippen molar-refractivity contribution in [3.05, 3.63) is 35.9 Å². The molecule has 2 N–H and O–H groups in total. The van der Waals surface area contributed by atoms with E-state index in [1.165, 1.54) is 0 Å². The van der Waals surface area contributed by atoms with E-state index in [0.717, 1.165) is 0 Å². The van der Waals surface area contributed by atoms with E-state index < -0.39 is 18.2 Å². The zero-order valence-electron chi connectivity index (χ0n) is 9.71. The molecule has 0 aromatic heterocycles. The highest BCUT2D eigenvalue weighted by Gasteiger charge is 2.21. The molecule has 0 aliphatic heterocycles. The van der Waals surface area contributed by atoms with Crippen molar-refractivity contribution in [2.24, 2.45) is 0 Å². The van der Waals surface area contributed by atoms with Crippen molar-refractivity contribution in [1.82, 2.24) is 5.32 Å². The number of alkyl carbamates (subject to hydrolysis) is 1. The molecule has 0 saturated carbocycles. The van der Waals surface area contributed by atoms with E-state index in [0.29, 0.717) is 5.56 Å². The molecule has 0 fully saturated rings. The Bertz CT molecular complexity index is 389. The number of esters is 1. The van der Waals surface area contributed by atoms with Gasteiger partial charge in [0.15, 0.2) is 6.10 Å². The molecule has 17 heavy (non-hydrogen) atoms. The predicted molar refractivity (Wildman–Crippen MR) is 61.2 cm³/mol. The Morgan fingerprint density at radius 2 is 1.82 bits per heavy atom. The SMILES string of the molecule is CC(C)NC(=O)OC(=O)[C@H](O)c1ccccc1. The number of benzene rings is 1. The van der Waals surface area contributed by atoms with Crippen molar-refractivity contribution < 1.29 is 19.4 Å². The van der Waals surface area contributed by atoms with Crippen molar-refractivity contribution in [3.8, 4) is 0 Å². The average Bonchev–Trinajstić information content (AvgIpc) is 2.28. The number of ether oxygens (including phenoxy) is 1. The first kappa shape index (κ1) is 13.2. The Labute approximate surface area is 99.4 Å². The Balaban J connectivity index is 2.56. The topological polar surface area (TPSA) is 75.6 Å². The van der Waals surface area contributed by atoms with Gasteiger partial charge in [0.25, 0.3) is 0 Å². The van der Waals surface area contributed by atoms with E-state index in [2.05, 4.69) is 10.1 Å². The van der Waals surface area contributed by atoms with Crippen molar-refractivity contribution in [2.45, 2.75) is 26.0 Å². The van der Waals surface area contributed by atoms with Crippen LogP contribution in [0.4, 0.5) is 4.79 Å². The molecule has 0 aliphatic rings. The van der Waals surface area contributed by atoms with Gasteiger partial charge in [0.05, 0.1) is 0 Å². The maximum absolute atomic E-state index is 11.4. The number of carbonyl (C=O) groups is 2. The second kappa shape index (κ2) is 6.00. The Morgan fingerprint density at radius 3 is 2.35 bits per heavy atom. The largest absolute Gasteiger partial charge is 0.415 e. The molecule has 5 nitrogen and oxygen atoms in total. The highest BCUT2D eigenvalue weighted by Crippen LogP contribution is 2.13. The monoisotopic (exact) mass is 237 g/mol. The van der Waals surface area contributed by atoms with Crippen LogP contribution in [-0.4, -0.2) is 23.2 Å². The molecule has 0 unspecified atom stereocenters. The first-order valence-electron chi connectivity index (χ1n) is 5.26. The lowest BCUT2D eigenvalue weighted by molar-refractivity contribution is -0.147. The number of aliphatic hydroxyl groups is 1. The van der Waals surface area contributed by atoms with Crippen LogP contribution in [0.2, 0.25) is 0 Å². The van der Waals surface area contributed by atoms with Crippen LogP contribution in [0, 0.1) is 0 Å². The molecule has 92 valence electrons. The van der Waals surface area contributed by atoms with Crippen molar-refractivity contribution >= 4 is 12.1 Å². The normalized spacial score (nSPS) is 12.0. The summed E-state index contributed by atoms with van der Waals surface area (Å²) in [7, 11) is 0. The van der Waals surface area contributed by atoms with Gasteiger partial charge < -0.3 is 15.2 Å². The van der Waals surface area contributed by atoms with Gasteiger partial charge >= 0.3 is 12.1 Å². The Kier molecular flexibility index (Phi) is 4.66. The van der Waals surface area contributed by atoms with Gasteiger partial charge in [-0.05, 0) is 19.4 Å². The van der Waals surface area contributed by atoms with E-state index in [-0.39, 0.29) is 6.04 Å². The van der Waals surface area contributed by atoms with Gasteiger partial charge in [-0.2, -0.15) is 0 Å². The van der Waals surface area contributed by atoms with Crippen LogP contribution in [0.25, 0.3) is 0 Å².